The molecule has 0 fully saturated rings. The average molecular weight is 462 g/mol. The number of rotatable bonds is 8. The fraction of sp³-hybridized carbons (Fsp3) is 0.333. The minimum atomic E-state index is -4.27. The number of hydrogen-bond acceptors (Lipinski definition) is 3. The Morgan fingerprint density at radius 1 is 1.15 bits per heavy atom. The molecule has 0 aliphatic heterocycles. The average Bonchev–Trinajstić information content (AvgIpc) is 3.05. The highest BCUT2D eigenvalue weighted by Gasteiger charge is 2.30. The molecule has 3 aromatic rings. The molecular formula is C24H25F3N2O4. The van der Waals surface area contributed by atoms with E-state index in [0.29, 0.717) is 17.9 Å². The zero-order valence-corrected chi connectivity index (χ0v) is 18.5. The van der Waals surface area contributed by atoms with Crippen LogP contribution in [0.1, 0.15) is 45.2 Å². The van der Waals surface area contributed by atoms with Crippen LogP contribution in [-0.2, 0) is 6.54 Å². The number of carbonyl (C=O) groups is 2. The number of fused-ring (bicyclic) bond motifs is 1. The van der Waals surface area contributed by atoms with Gasteiger partial charge in [-0.3, -0.25) is 4.79 Å². The minimum Gasteiger partial charge on any atom is -0.496 e. The summed E-state index contributed by atoms with van der Waals surface area (Å²) in [5.74, 6) is -1.80. The van der Waals surface area contributed by atoms with Gasteiger partial charge in [-0.05, 0) is 42.7 Å². The van der Waals surface area contributed by atoms with Crippen molar-refractivity contribution >= 4 is 22.8 Å². The Kier molecular flexibility index (Phi) is 7.00. The quantitative estimate of drug-likeness (QED) is 0.493. The zero-order chi connectivity index (χ0) is 24.3. The Labute approximate surface area is 189 Å². The molecule has 33 heavy (non-hydrogen) atoms. The topological polar surface area (TPSA) is 80.6 Å². The first kappa shape index (κ1) is 24.2. The fourth-order valence-electron chi connectivity index (χ4n) is 3.78. The van der Waals surface area contributed by atoms with Crippen LogP contribution < -0.4 is 10.1 Å². The van der Waals surface area contributed by atoms with Gasteiger partial charge in [0.15, 0.2) is 0 Å². The maximum absolute atomic E-state index is 12.6. The van der Waals surface area contributed by atoms with Crippen LogP contribution in [0.4, 0.5) is 13.2 Å². The van der Waals surface area contributed by atoms with Gasteiger partial charge in [0.25, 0.3) is 5.91 Å². The molecule has 1 unspecified atom stereocenters. The molecule has 1 amide bonds. The van der Waals surface area contributed by atoms with Gasteiger partial charge in [0.2, 0.25) is 0 Å². The lowest BCUT2D eigenvalue weighted by Gasteiger charge is -2.15. The normalized spacial score (nSPS) is 12.5. The maximum atomic E-state index is 12.6. The molecule has 2 N–H and O–H groups in total. The summed E-state index contributed by atoms with van der Waals surface area (Å²) in [5.41, 5.74) is 2.97. The van der Waals surface area contributed by atoms with E-state index in [4.69, 9.17) is 4.74 Å². The maximum Gasteiger partial charge on any atom is 0.389 e. The van der Waals surface area contributed by atoms with Gasteiger partial charge in [-0.25, -0.2) is 4.79 Å². The summed E-state index contributed by atoms with van der Waals surface area (Å²) in [6.45, 7) is 3.67. The molecule has 0 spiro atoms. The number of benzene rings is 2. The second-order valence-electron chi connectivity index (χ2n) is 8.14. The Hall–Kier alpha value is -3.49. The van der Waals surface area contributed by atoms with Crippen LogP contribution in [0.25, 0.3) is 10.9 Å². The number of nitrogens with zero attached hydrogens (tertiary/aromatic N) is 1. The van der Waals surface area contributed by atoms with Crippen molar-refractivity contribution in [3.8, 4) is 5.75 Å². The number of methoxy groups -OCH3 is 1. The number of hydrogen-bond donors (Lipinski definition) is 2. The van der Waals surface area contributed by atoms with Crippen LogP contribution >= 0.6 is 0 Å². The number of aromatic carboxylic acids is 1. The largest absolute Gasteiger partial charge is 0.496 e. The number of carbonyl (C=O) groups excluding carboxylic acids is 1. The molecule has 176 valence electrons. The Morgan fingerprint density at radius 3 is 2.48 bits per heavy atom. The van der Waals surface area contributed by atoms with Crippen LogP contribution in [0.3, 0.4) is 0 Å². The summed E-state index contributed by atoms with van der Waals surface area (Å²) in [6, 6.07) is 9.79. The van der Waals surface area contributed by atoms with Crippen molar-refractivity contribution < 1.29 is 32.6 Å². The number of amides is 1. The second kappa shape index (κ2) is 9.56. The summed E-state index contributed by atoms with van der Waals surface area (Å²) < 4.78 is 44.8. The first-order chi connectivity index (χ1) is 15.5. The number of ether oxygens (including phenoxy) is 1. The summed E-state index contributed by atoms with van der Waals surface area (Å²) in [4.78, 5) is 23.8. The highest BCUT2D eigenvalue weighted by atomic mass is 19.4. The number of nitrogens with one attached hydrogen (secondary N) is 1. The third-order valence-electron chi connectivity index (χ3n) is 5.41. The molecule has 1 aromatic heterocycles. The first-order valence-electron chi connectivity index (χ1n) is 10.3. The van der Waals surface area contributed by atoms with E-state index in [1.807, 2.05) is 17.7 Å². The van der Waals surface area contributed by atoms with Crippen molar-refractivity contribution in [3.05, 3.63) is 64.8 Å². The van der Waals surface area contributed by atoms with Gasteiger partial charge >= 0.3 is 12.1 Å². The number of alkyl halides is 3. The van der Waals surface area contributed by atoms with Crippen LogP contribution in [0, 0.1) is 12.8 Å². The highest BCUT2D eigenvalue weighted by Crippen LogP contribution is 2.27. The molecule has 1 heterocycles. The van der Waals surface area contributed by atoms with Gasteiger partial charge < -0.3 is 19.7 Å². The molecule has 0 bridgehead atoms. The Balaban J connectivity index is 1.84. The van der Waals surface area contributed by atoms with Crippen molar-refractivity contribution in [3.63, 3.8) is 0 Å². The molecular weight excluding hydrogens is 437 g/mol. The lowest BCUT2D eigenvalue weighted by atomic mass is 10.1. The third kappa shape index (κ3) is 5.85. The van der Waals surface area contributed by atoms with Gasteiger partial charge in [0.1, 0.15) is 5.75 Å². The van der Waals surface area contributed by atoms with Gasteiger partial charge in [0, 0.05) is 41.2 Å². The van der Waals surface area contributed by atoms with Crippen molar-refractivity contribution in [1.82, 2.24) is 9.88 Å². The van der Waals surface area contributed by atoms with Crippen LogP contribution in [0.15, 0.2) is 42.6 Å². The second-order valence-corrected chi connectivity index (χ2v) is 8.14. The molecule has 6 nitrogen and oxygen atoms in total. The van der Waals surface area contributed by atoms with E-state index in [1.54, 1.807) is 24.3 Å². The predicted octanol–water partition coefficient (Wildman–Crippen LogP) is 5.02. The summed E-state index contributed by atoms with van der Waals surface area (Å²) in [6.07, 6.45) is -3.32. The van der Waals surface area contributed by atoms with Gasteiger partial charge in [-0.1, -0.05) is 19.1 Å². The van der Waals surface area contributed by atoms with E-state index >= 15 is 0 Å². The van der Waals surface area contributed by atoms with E-state index in [9.17, 15) is 27.9 Å². The third-order valence-corrected chi connectivity index (χ3v) is 5.41. The molecule has 3 rings (SSSR count). The number of carboxylic acid groups (broad SMARTS) is 1. The first-order valence-corrected chi connectivity index (χ1v) is 10.3. The summed E-state index contributed by atoms with van der Waals surface area (Å²) >= 11 is 0. The number of aryl methyl sites for hydroxylation is 1. The van der Waals surface area contributed by atoms with Crippen LogP contribution in [0.5, 0.6) is 5.75 Å². The lowest BCUT2D eigenvalue weighted by molar-refractivity contribution is -0.142. The minimum absolute atomic E-state index is 0.0798. The van der Waals surface area contributed by atoms with Gasteiger partial charge in [-0.2, -0.15) is 13.2 Å². The SMILES string of the molecule is COc1cc(C(=O)O)ccc1Cn1cc(C)c2ccc(C(=O)NCC(C)CC(F)(F)F)cc21. The molecule has 0 saturated heterocycles. The van der Waals surface area contributed by atoms with Crippen LogP contribution in [0.2, 0.25) is 0 Å². The standard InChI is InChI=1S/C24H25F3N2O4/c1-14(10-24(25,26)27)11-28-22(30)16-6-7-19-15(2)12-29(20(19)8-16)13-18-5-4-17(23(31)32)9-21(18)33-3/h4-9,12,14H,10-11,13H2,1-3H3,(H,28,30)(H,31,32). The fourth-order valence-corrected chi connectivity index (χ4v) is 3.78. The monoisotopic (exact) mass is 462 g/mol. The molecule has 2 aromatic carbocycles. The van der Waals surface area contributed by atoms with E-state index in [1.165, 1.54) is 26.2 Å². The van der Waals surface area contributed by atoms with E-state index < -0.39 is 30.4 Å². The molecule has 1 atom stereocenters. The number of aromatic nitrogens is 1. The molecule has 0 radical (unpaired) electrons. The summed E-state index contributed by atoms with van der Waals surface area (Å²) in [7, 11) is 1.46. The van der Waals surface area contributed by atoms with Crippen molar-refractivity contribution in [2.45, 2.75) is 33.0 Å². The summed E-state index contributed by atoms with van der Waals surface area (Å²) in [5, 5.41) is 12.7. The van der Waals surface area contributed by atoms with Crippen molar-refractivity contribution in [2.75, 3.05) is 13.7 Å². The van der Waals surface area contributed by atoms with E-state index in [-0.39, 0.29) is 12.1 Å². The van der Waals surface area contributed by atoms with Gasteiger partial charge in [0.05, 0.1) is 19.2 Å². The van der Waals surface area contributed by atoms with Gasteiger partial charge in [-0.15, -0.1) is 0 Å². The smallest absolute Gasteiger partial charge is 0.389 e. The molecule has 0 aliphatic carbocycles. The number of halogens is 3. The lowest BCUT2D eigenvalue weighted by Crippen LogP contribution is -2.30. The number of carboxylic acids is 1. The molecule has 9 heteroatoms. The molecule has 0 saturated carbocycles. The zero-order valence-electron chi connectivity index (χ0n) is 18.5. The van der Waals surface area contributed by atoms with E-state index in [2.05, 4.69) is 5.32 Å². The molecule has 0 aliphatic rings. The van der Waals surface area contributed by atoms with Crippen LogP contribution in [-0.4, -0.2) is 41.4 Å². The van der Waals surface area contributed by atoms with Crippen molar-refractivity contribution in [1.29, 1.82) is 0 Å². The van der Waals surface area contributed by atoms with E-state index in [0.717, 1.165) is 22.0 Å². The Bertz CT molecular complexity index is 1180. The highest BCUT2D eigenvalue weighted by molar-refractivity contribution is 5.98. The predicted molar refractivity (Wildman–Crippen MR) is 118 cm³/mol. The Morgan fingerprint density at radius 2 is 1.85 bits per heavy atom. The van der Waals surface area contributed by atoms with Crippen molar-refractivity contribution in [2.24, 2.45) is 5.92 Å².